The first-order valence-corrected chi connectivity index (χ1v) is 6.77. The lowest BCUT2D eigenvalue weighted by molar-refractivity contribution is -0.147. The first-order chi connectivity index (χ1) is 9.31. The molecule has 1 aliphatic rings. The summed E-state index contributed by atoms with van der Waals surface area (Å²) in [5, 5.41) is 20.1. The lowest BCUT2D eigenvalue weighted by atomic mass is 10.1. The van der Waals surface area contributed by atoms with Crippen molar-refractivity contribution in [1.29, 1.82) is 0 Å². The van der Waals surface area contributed by atoms with Gasteiger partial charge in [-0.05, 0) is 5.92 Å². The molecule has 2 amide bonds. The molecule has 0 aromatic heterocycles. The third-order valence-electron chi connectivity index (χ3n) is 3.17. The Morgan fingerprint density at radius 1 is 1.45 bits per heavy atom. The van der Waals surface area contributed by atoms with Gasteiger partial charge in [-0.2, -0.15) is 0 Å². The number of amides is 2. The minimum atomic E-state index is -1.47. The second-order valence-corrected chi connectivity index (χ2v) is 5.53. The summed E-state index contributed by atoms with van der Waals surface area (Å²) in [6, 6.07) is 0. The summed E-state index contributed by atoms with van der Waals surface area (Å²) in [5.74, 6) is -1.63. The topological polar surface area (TPSA) is 107 Å². The Balaban J connectivity index is 2.34. The number of aliphatic hydroxyl groups is 1. The molecule has 0 aromatic carbocycles. The van der Waals surface area contributed by atoms with E-state index in [4.69, 9.17) is 10.2 Å². The van der Waals surface area contributed by atoms with Crippen LogP contribution in [0.2, 0.25) is 0 Å². The van der Waals surface area contributed by atoms with Gasteiger partial charge in [0.2, 0.25) is 11.8 Å². The molecule has 0 aliphatic carbocycles. The van der Waals surface area contributed by atoms with Crippen molar-refractivity contribution in [3.8, 4) is 0 Å². The number of aliphatic carboxylic acids is 1. The third-order valence-corrected chi connectivity index (χ3v) is 3.17. The summed E-state index contributed by atoms with van der Waals surface area (Å²) in [4.78, 5) is 35.7. The van der Waals surface area contributed by atoms with Crippen molar-refractivity contribution >= 4 is 17.8 Å². The number of carboxylic acid groups (broad SMARTS) is 1. The van der Waals surface area contributed by atoms with Gasteiger partial charge in [0.15, 0.2) is 6.10 Å². The molecule has 0 saturated carbocycles. The molecule has 1 heterocycles. The van der Waals surface area contributed by atoms with Crippen LogP contribution in [0.25, 0.3) is 0 Å². The largest absolute Gasteiger partial charge is 0.479 e. The van der Waals surface area contributed by atoms with Crippen molar-refractivity contribution in [2.75, 3.05) is 19.6 Å². The molecule has 0 bridgehead atoms. The summed E-state index contributed by atoms with van der Waals surface area (Å²) in [6.45, 7) is 5.15. The van der Waals surface area contributed by atoms with Gasteiger partial charge < -0.3 is 20.4 Å². The number of hydrogen-bond acceptors (Lipinski definition) is 4. The van der Waals surface area contributed by atoms with Gasteiger partial charge in [-0.1, -0.05) is 13.8 Å². The zero-order valence-electron chi connectivity index (χ0n) is 11.8. The third kappa shape index (κ3) is 4.80. The van der Waals surface area contributed by atoms with Gasteiger partial charge in [0.25, 0.3) is 0 Å². The number of carbonyl (C=O) groups excluding carboxylic acids is 2. The van der Waals surface area contributed by atoms with Gasteiger partial charge in [-0.3, -0.25) is 9.59 Å². The normalized spacial score (nSPS) is 20.3. The molecular weight excluding hydrogens is 264 g/mol. The Morgan fingerprint density at radius 3 is 2.65 bits per heavy atom. The van der Waals surface area contributed by atoms with E-state index in [1.807, 2.05) is 13.8 Å². The Morgan fingerprint density at radius 2 is 2.10 bits per heavy atom. The molecule has 0 radical (unpaired) electrons. The fraction of sp³-hybridized carbons (Fsp3) is 0.769. The Labute approximate surface area is 117 Å². The van der Waals surface area contributed by atoms with Crippen molar-refractivity contribution in [2.45, 2.75) is 32.8 Å². The van der Waals surface area contributed by atoms with Gasteiger partial charge in [0.1, 0.15) is 0 Å². The maximum absolute atomic E-state index is 11.9. The predicted molar refractivity (Wildman–Crippen MR) is 70.8 cm³/mol. The number of carboxylic acids is 1. The van der Waals surface area contributed by atoms with Crippen LogP contribution in [0.3, 0.4) is 0 Å². The first-order valence-electron chi connectivity index (χ1n) is 6.77. The standard InChI is InChI=1S/C13H22N2O5/c1-8(2)6-15-7-9(5-11(15)17)12(18)14-4-3-10(16)13(19)20/h8-10,16H,3-7H2,1-2H3,(H,14,18)(H,19,20). The average Bonchev–Trinajstić information content (AvgIpc) is 2.69. The van der Waals surface area contributed by atoms with Gasteiger partial charge in [0.05, 0.1) is 5.92 Å². The molecule has 7 heteroatoms. The lowest BCUT2D eigenvalue weighted by Gasteiger charge is -2.18. The Hall–Kier alpha value is -1.63. The highest BCUT2D eigenvalue weighted by molar-refractivity contribution is 5.89. The van der Waals surface area contributed by atoms with E-state index in [-0.39, 0.29) is 37.1 Å². The maximum atomic E-state index is 11.9. The zero-order chi connectivity index (χ0) is 15.3. The molecule has 0 spiro atoms. The van der Waals surface area contributed by atoms with E-state index in [0.29, 0.717) is 19.0 Å². The molecule has 0 aromatic rings. The predicted octanol–water partition coefficient (Wildman–Crippen LogP) is -0.557. The van der Waals surface area contributed by atoms with Crippen LogP contribution >= 0.6 is 0 Å². The molecule has 2 atom stereocenters. The van der Waals surface area contributed by atoms with Crippen LogP contribution in [0.1, 0.15) is 26.7 Å². The molecule has 3 N–H and O–H groups in total. The van der Waals surface area contributed by atoms with Crippen LogP contribution in [-0.4, -0.2) is 58.6 Å². The molecule has 2 unspecified atom stereocenters. The summed E-state index contributed by atoms with van der Waals surface area (Å²) >= 11 is 0. The van der Waals surface area contributed by atoms with Crippen molar-refractivity contribution in [3.05, 3.63) is 0 Å². The van der Waals surface area contributed by atoms with E-state index < -0.39 is 12.1 Å². The average molecular weight is 286 g/mol. The number of carbonyl (C=O) groups is 3. The van der Waals surface area contributed by atoms with Crippen LogP contribution in [-0.2, 0) is 14.4 Å². The second kappa shape index (κ2) is 7.23. The molecular formula is C13H22N2O5. The SMILES string of the molecule is CC(C)CN1CC(C(=O)NCCC(O)C(=O)O)CC1=O. The first kappa shape index (κ1) is 16.4. The Kier molecular flexibility index (Phi) is 5.94. The number of rotatable bonds is 7. The summed E-state index contributed by atoms with van der Waals surface area (Å²) < 4.78 is 0. The number of nitrogens with zero attached hydrogens (tertiary/aromatic N) is 1. The van der Waals surface area contributed by atoms with E-state index in [1.54, 1.807) is 4.90 Å². The van der Waals surface area contributed by atoms with E-state index in [1.165, 1.54) is 0 Å². The molecule has 1 rings (SSSR count). The van der Waals surface area contributed by atoms with Crippen molar-refractivity contribution in [1.82, 2.24) is 10.2 Å². The minimum Gasteiger partial charge on any atom is -0.479 e. The van der Waals surface area contributed by atoms with Gasteiger partial charge in [-0.25, -0.2) is 4.79 Å². The van der Waals surface area contributed by atoms with E-state index in [2.05, 4.69) is 5.32 Å². The highest BCUT2D eigenvalue weighted by atomic mass is 16.4. The van der Waals surface area contributed by atoms with Crippen LogP contribution in [0.4, 0.5) is 0 Å². The molecule has 20 heavy (non-hydrogen) atoms. The monoisotopic (exact) mass is 286 g/mol. The molecule has 114 valence electrons. The highest BCUT2D eigenvalue weighted by Gasteiger charge is 2.34. The highest BCUT2D eigenvalue weighted by Crippen LogP contribution is 2.19. The van der Waals surface area contributed by atoms with Crippen LogP contribution in [0, 0.1) is 11.8 Å². The van der Waals surface area contributed by atoms with Gasteiger partial charge in [-0.15, -0.1) is 0 Å². The maximum Gasteiger partial charge on any atom is 0.332 e. The zero-order valence-corrected chi connectivity index (χ0v) is 11.8. The molecule has 1 aliphatic heterocycles. The van der Waals surface area contributed by atoms with Gasteiger partial charge >= 0.3 is 5.97 Å². The lowest BCUT2D eigenvalue weighted by Crippen LogP contribution is -2.36. The number of hydrogen-bond donors (Lipinski definition) is 3. The second-order valence-electron chi connectivity index (χ2n) is 5.53. The minimum absolute atomic E-state index is 0.0237. The molecule has 7 nitrogen and oxygen atoms in total. The molecule has 1 saturated heterocycles. The van der Waals surface area contributed by atoms with E-state index in [9.17, 15) is 14.4 Å². The van der Waals surface area contributed by atoms with E-state index >= 15 is 0 Å². The fourth-order valence-corrected chi connectivity index (χ4v) is 2.16. The van der Waals surface area contributed by atoms with Crippen LogP contribution in [0.15, 0.2) is 0 Å². The smallest absolute Gasteiger partial charge is 0.332 e. The van der Waals surface area contributed by atoms with Crippen molar-refractivity contribution < 1.29 is 24.6 Å². The summed E-state index contributed by atoms with van der Waals surface area (Å²) in [6.07, 6.45) is -1.32. The molecule has 1 fully saturated rings. The van der Waals surface area contributed by atoms with E-state index in [0.717, 1.165) is 0 Å². The number of nitrogens with one attached hydrogen (secondary N) is 1. The van der Waals surface area contributed by atoms with Crippen LogP contribution < -0.4 is 5.32 Å². The summed E-state index contributed by atoms with van der Waals surface area (Å²) in [7, 11) is 0. The summed E-state index contributed by atoms with van der Waals surface area (Å²) in [5.41, 5.74) is 0. The van der Waals surface area contributed by atoms with Crippen molar-refractivity contribution in [2.24, 2.45) is 11.8 Å². The fourth-order valence-electron chi connectivity index (χ4n) is 2.16. The van der Waals surface area contributed by atoms with Gasteiger partial charge in [0, 0.05) is 32.5 Å². The quantitative estimate of drug-likeness (QED) is 0.582. The van der Waals surface area contributed by atoms with Crippen LogP contribution in [0.5, 0.6) is 0 Å². The number of aliphatic hydroxyl groups excluding tert-OH is 1. The Bertz CT molecular complexity index is 383. The van der Waals surface area contributed by atoms with Crippen molar-refractivity contribution in [3.63, 3.8) is 0 Å². The number of likely N-dealkylation sites (tertiary alicyclic amines) is 1.